The summed E-state index contributed by atoms with van der Waals surface area (Å²) in [4.78, 5) is 0. The van der Waals surface area contributed by atoms with E-state index in [4.69, 9.17) is 9.47 Å². The third-order valence-electron chi connectivity index (χ3n) is 2.74. The van der Waals surface area contributed by atoms with Gasteiger partial charge in [-0.1, -0.05) is 24.3 Å². The Kier molecular flexibility index (Phi) is 3.33. The van der Waals surface area contributed by atoms with Gasteiger partial charge in [0.2, 0.25) is 0 Å². The SMILES string of the molecule is COc1cccc(-c2ccc(C)cc2OC)c1. The Morgan fingerprint density at radius 2 is 1.71 bits per heavy atom. The number of ether oxygens (including phenoxy) is 2. The molecule has 0 fully saturated rings. The van der Waals surface area contributed by atoms with Gasteiger partial charge in [0.1, 0.15) is 11.5 Å². The lowest BCUT2D eigenvalue weighted by atomic mass is 10.0. The zero-order valence-electron chi connectivity index (χ0n) is 10.4. The second kappa shape index (κ2) is 4.91. The van der Waals surface area contributed by atoms with Gasteiger partial charge in [0.05, 0.1) is 14.2 Å². The van der Waals surface area contributed by atoms with E-state index in [2.05, 4.69) is 25.1 Å². The van der Waals surface area contributed by atoms with Crippen LogP contribution in [0.25, 0.3) is 11.1 Å². The van der Waals surface area contributed by atoms with Gasteiger partial charge >= 0.3 is 0 Å². The van der Waals surface area contributed by atoms with Crippen LogP contribution in [0.3, 0.4) is 0 Å². The monoisotopic (exact) mass is 228 g/mol. The molecule has 0 aromatic heterocycles. The first kappa shape index (κ1) is 11.5. The van der Waals surface area contributed by atoms with Gasteiger partial charge in [0.25, 0.3) is 0 Å². The van der Waals surface area contributed by atoms with Crippen LogP contribution in [-0.4, -0.2) is 14.2 Å². The fourth-order valence-corrected chi connectivity index (χ4v) is 1.83. The van der Waals surface area contributed by atoms with Crippen LogP contribution < -0.4 is 9.47 Å². The van der Waals surface area contributed by atoms with Crippen LogP contribution in [-0.2, 0) is 0 Å². The molecule has 0 aliphatic heterocycles. The van der Waals surface area contributed by atoms with Crippen LogP contribution in [0.15, 0.2) is 42.5 Å². The maximum Gasteiger partial charge on any atom is 0.126 e. The van der Waals surface area contributed by atoms with E-state index in [9.17, 15) is 0 Å². The maximum absolute atomic E-state index is 5.41. The molecule has 0 amide bonds. The van der Waals surface area contributed by atoms with Gasteiger partial charge in [-0.05, 0) is 36.2 Å². The minimum atomic E-state index is 0.852. The molecule has 2 aromatic carbocycles. The minimum absolute atomic E-state index is 0.852. The average Bonchev–Trinajstić information content (AvgIpc) is 2.38. The molecular weight excluding hydrogens is 212 g/mol. The molecular formula is C15H16O2. The number of methoxy groups -OCH3 is 2. The smallest absolute Gasteiger partial charge is 0.126 e. The van der Waals surface area contributed by atoms with Crippen molar-refractivity contribution in [3.05, 3.63) is 48.0 Å². The van der Waals surface area contributed by atoms with Crippen molar-refractivity contribution in [2.45, 2.75) is 6.92 Å². The Hall–Kier alpha value is -1.96. The molecule has 2 rings (SSSR count). The Labute approximate surface area is 102 Å². The molecule has 88 valence electrons. The molecule has 0 unspecified atom stereocenters. The van der Waals surface area contributed by atoms with Crippen LogP contribution in [0.1, 0.15) is 5.56 Å². The molecule has 2 heteroatoms. The summed E-state index contributed by atoms with van der Waals surface area (Å²) in [5.74, 6) is 1.74. The summed E-state index contributed by atoms with van der Waals surface area (Å²) in [6.45, 7) is 2.05. The number of aryl methyl sites for hydroxylation is 1. The molecule has 0 aliphatic rings. The molecule has 2 aromatic rings. The van der Waals surface area contributed by atoms with Gasteiger partial charge < -0.3 is 9.47 Å². The molecule has 0 aliphatic carbocycles. The van der Waals surface area contributed by atoms with E-state index in [1.54, 1.807) is 14.2 Å². The molecule has 0 bridgehead atoms. The predicted molar refractivity (Wildman–Crippen MR) is 69.7 cm³/mol. The van der Waals surface area contributed by atoms with Crippen molar-refractivity contribution in [3.63, 3.8) is 0 Å². The van der Waals surface area contributed by atoms with E-state index >= 15 is 0 Å². The van der Waals surface area contributed by atoms with Crippen LogP contribution in [0.4, 0.5) is 0 Å². The summed E-state index contributed by atoms with van der Waals surface area (Å²) >= 11 is 0. The summed E-state index contributed by atoms with van der Waals surface area (Å²) in [5, 5.41) is 0. The first-order chi connectivity index (χ1) is 8.24. The molecule has 0 saturated carbocycles. The van der Waals surface area contributed by atoms with Gasteiger partial charge in [0, 0.05) is 5.56 Å². The van der Waals surface area contributed by atoms with E-state index in [0.29, 0.717) is 0 Å². The highest BCUT2D eigenvalue weighted by atomic mass is 16.5. The van der Waals surface area contributed by atoms with Crippen molar-refractivity contribution < 1.29 is 9.47 Å². The van der Waals surface area contributed by atoms with Crippen molar-refractivity contribution in [2.24, 2.45) is 0 Å². The third-order valence-corrected chi connectivity index (χ3v) is 2.74. The van der Waals surface area contributed by atoms with Gasteiger partial charge in [-0.25, -0.2) is 0 Å². The van der Waals surface area contributed by atoms with Gasteiger partial charge in [-0.2, -0.15) is 0 Å². The number of benzene rings is 2. The fraction of sp³-hybridized carbons (Fsp3) is 0.200. The Balaban J connectivity index is 2.51. The van der Waals surface area contributed by atoms with Crippen molar-refractivity contribution in [3.8, 4) is 22.6 Å². The first-order valence-corrected chi connectivity index (χ1v) is 5.53. The second-order valence-corrected chi connectivity index (χ2v) is 3.94. The summed E-state index contributed by atoms with van der Waals surface area (Å²) in [6.07, 6.45) is 0. The topological polar surface area (TPSA) is 18.5 Å². The van der Waals surface area contributed by atoms with Crippen LogP contribution in [0.5, 0.6) is 11.5 Å². The molecule has 0 heterocycles. The van der Waals surface area contributed by atoms with Crippen molar-refractivity contribution in [1.82, 2.24) is 0 Å². The van der Waals surface area contributed by atoms with Gasteiger partial charge in [-0.15, -0.1) is 0 Å². The fourth-order valence-electron chi connectivity index (χ4n) is 1.83. The van der Waals surface area contributed by atoms with E-state index in [-0.39, 0.29) is 0 Å². The van der Waals surface area contributed by atoms with Crippen LogP contribution in [0.2, 0.25) is 0 Å². The quantitative estimate of drug-likeness (QED) is 0.797. The Bertz CT molecular complexity index is 518. The minimum Gasteiger partial charge on any atom is -0.497 e. The molecule has 0 spiro atoms. The highest BCUT2D eigenvalue weighted by molar-refractivity contribution is 5.72. The zero-order chi connectivity index (χ0) is 12.3. The lowest BCUT2D eigenvalue weighted by molar-refractivity contribution is 0.413. The highest BCUT2D eigenvalue weighted by Crippen LogP contribution is 2.32. The van der Waals surface area contributed by atoms with E-state index in [1.807, 2.05) is 24.3 Å². The largest absolute Gasteiger partial charge is 0.497 e. The average molecular weight is 228 g/mol. The van der Waals surface area contributed by atoms with E-state index in [0.717, 1.165) is 22.6 Å². The van der Waals surface area contributed by atoms with Crippen molar-refractivity contribution >= 4 is 0 Å². The summed E-state index contributed by atoms with van der Waals surface area (Å²) in [6, 6.07) is 14.2. The predicted octanol–water partition coefficient (Wildman–Crippen LogP) is 3.68. The van der Waals surface area contributed by atoms with Crippen molar-refractivity contribution in [1.29, 1.82) is 0 Å². The van der Waals surface area contributed by atoms with Gasteiger partial charge in [0.15, 0.2) is 0 Å². The number of rotatable bonds is 3. The molecule has 0 N–H and O–H groups in total. The molecule has 17 heavy (non-hydrogen) atoms. The summed E-state index contributed by atoms with van der Waals surface area (Å²) in [7, 11) is 3.37. The first-order valence-electron chi connectivity index (χ1n) is 5.53. The van der Waals surface area contributed by atoms with Crippen LogP contribution in [0, 0.1) is 6.92 Å². The summed E-state index contributed by atoms with van der Waals surface area (Å²) < 4.78 is 10.6. The highest BCUT2D eigenvalue weighted by Gasteiger charge is 2.06. The summed E-state index contributed by atoms with van der Waals surface area (Å²) in [5.41, 5.74) is 3.37. The van der Waals surface area contributed by atoms with Crippen LogP contribution >= 0.6 is 0 Å². The normalized spacial score (nSPS) is 10.1. The molecule has 0 saturated heterocycles. The van der Waals surface area contributed by atoms with E-state index in [1.165, 1.54) is 5.56 Å². The van der Waals surface area contributed by atoms with Crippen molar-refractivity contribution in [2.75, 3.05) is 14.2 Å². The standard InChI is InChI=1S/C15H16O2/c1-11-7-8-14(15(9-11)17-3)12-5-4-6-13(10-12)16-2/h4-10H,1-3H3. The second-order valence-electron chi connectivity index (χ2n) is 3.94. The van der Waals surface area contributed by atoms with Gasteiger partial charge in [-0.3, -0.25) is 0 Å². The lowest BCUT2D eigenvalue weighted by Gasteiger charge is -2.10. The lowest BCUT2D eigenvalue weighted by Crippen LogP contribution is -1.89. The number of hydrogen-bond acceptors (Lipinski definition) is 2. The maximum atomic E-state index is 5.41. The molecule has 0 atom stereocenters. The van der Waals surface area contributed by atoms with E-state index < -0.39 is 0 Å². The molecule has 2 nitrogen and oxygen atoms in total. The molecule has 0 radical (unpaired) electrons. The Morgan fingerprint density at radius 3 is 2.41 bits per heavy atom. The zero-order valence-corrected chi connectivity index (χ0v) is 10.4. The number of hydrogen-bond donors (Lipinski definition) is 0. The Morgan fingerprint density at radius 1 is 0.882 bits per heavy atom. The third kappa shape index (κ3) is 2.41.